The first-order valence-corrected chi connectivity index (χ1v) is 8.44. The van der Waals surface area contributed by atoms with Crippen LogP contribution in [0.1, 0.15) is 50.4 Å². The standard InChI is InChI=1S/C19H17ClN2O4/c1-9-6-10(2)21-17(20)16(9)19(25)26-8-15(23)12-4-5-14-13(7-12)11(3)18(24)22-14/h4-7,11H,8H2,1-3H3,(H,22,24)/t11-/m1/s1. The number of aryl methyl sites for hydroxylation is 2. The summed E-state index contributed by atoms with van der Waals surface area (Å²) in [4.78, 5) is 40.3. The summed E-state index contributed by atoms with van der Waals surface area (Å²) in [6.07, 6.45) is 0. The molecule has 0 fully saturated rings. The van der Waals surface area contributed by atoms with Gasteiger partial charge in [-0.3, -0.25) is 9.59 Å². The number of Topliss-reactive ketones (excluding diaryl/α,β-unsaturated/α-hetero) is 1. The first-order chi connectivity index (χ1) is 12.3. The zero-order valence-corrected chi connectivity index (χ0v) is 15.3. The number of aromatic nitrogens is 1. The van der Waals surface area contributed by atoms with E-state index in [1.54, 1.807) is 45.0 Å². The second-order valence-corrected chi connectivity index (χ2v) is 6.62. The second kappa shape index (κ2) is 6.88. The van der Waals surface area contributed by atoms with Crippen molar-refractivity contribution in [3.63, 3.8) is 0 Å². The number of carbonyl (C=O) groups excluding carboxylic acids is 3. The number of halogens is 1. The van der Waals surface area contributed by atoms with Gasteiger partial charge in [0, 0.05) is 16.9 Å². The van der Waals surface area contributed by atoms with Crippen LogP contribution in [0.3, 0.4) is 0 Å². The van der Waals surface area contributed by atoms with Crippen LogP contribution in [0.5, 0.6) is 0 Å². The van der Waals surface area contributed by atoms with Crippen LogP contribution in [-0.4, -0.2) is 29.3 Å². The minimum absolute atomic E-state index is 0.0518. The van der Waals surface area contributed by atoms with Crippen molar-refractivity contribution in [3.05, 3.63) is 57.4 Å². The van der Waals surface area contributed by atoms with Gasteiger partial charge < -0.3 is 10.1 Å². The zero-order valence-electron chi connectivity index (χ0n) is 14.6. The van der Waals surface area contributed by atoms with Gasteiger partial charge in [0.2, 0.25) is 5.91 Å². The van der Waals surface area contributed by atoms with Crippen molar-refractivity contribution < 1.29 is 19.1 Å². The van der Waals surface area contributed by atoms with Crippen molar-refractivity contribution in [2.24, 2.45) is 0 Å². The molecule has 1 amide bonds. The first-order valence-electron chi connectivity index (χ1n) is 8.07. The quantitative estimate of drug-likeness (QED) is 0.504. The molecule has 1 aromatic carbocycles. The number of fused-ring (bicyclic) bond motifs is 1. The average molecular weight is 373 g/mol. The molecule has 0 radical (unpaired) electrons. The lowest BCUT2D eigenvalue weighted by molar-refractivity contribution is -0.116. The molecule has 1 aliphatic rings. The number of hydrogen-bond acceptors (Lipinski definition) is 5. The number of ketones is 1. The first kappa shape index (κ1) is 18.1. The van der Waals surface area contributed by atoms with E-state index >= 15 is 0 Å². The van der Waals surface area contributed by atoms with Gasteiger partial charge in [0.15, 0.2) is 12.4 Å². The molecule has 134 valence electrons. The van der Waals surface area contributed by atoms with Gasteiger partial charge in [-0.2, -0.15) is 0 Å². The number of benzene rings is 1. The number of nitrogens with zero attached hydrogens (tertiary/aromatic N) is 1. The maximum atomic E-state index is 12.4. The van der Waals surface area contributed by atoms with Gasteiger partial charge in [0.05, 0.1) is 11.5 Å². The van der Waals surface area contributed by atoms with Crippen molar-refractivity contribution in [2.45, 2.75) is 26.7 Å². The number of ether oxygens (including phenoxy) is 1. The number of nitrogens with one attached hydrogen (secondary N) is 1. The smallest absolute Gasteiger partial charge is 0.342 e. The van der Waals surface area contributed by atoms with Gasteiger partial charge in [0.1, 0.15) is 5.15 Å². The Labute approximate surface area is 155 Å². The van der Waals surface area contributed by atoms with Crippen LogP contribution in [0.2, 0.25) is 5.15 Å². The molecule has 3 rings (SSSR count). The molecule has 2 heterocycles. The third-order valence-electron chi connectivity index (χ3n) is 4.33. The summed E-state index contributed by atoms with van der Waals surface area (Å²) < 4.78 is 5.12. The molecule has 1 aromatic heterocycles. The van der Waals surface area contributed by atoms with Crippen molar-refractivity contribution in [1.82, 2.24) is 4.98 Å². The van der Waals surface area contributed by atoms with Crippen LogP contribution in [0, 0.1) is 13.8 Å². The molecule has 1 N–H and O–H groups in total. The Balaban J connectivity index is 1.72. The van der Waals surface area contributed by atoms with Gasteiger partial charge in [-0.15, -0.1) is 0 Å². The molecule has 0 unspecified atom stereocenters. The van der Waals surface area contributed by atoms with E-state index in [0.29, 0.717) is 22.5 Å². The molecule has 1 aliphatic heterocycles. The van der Waals surface area contributed by atoms with E-state index in [-0.39, 0.29) is 28.3 Å². The Bertz CT molecular complexity index is 916. The summed E-state index contributed by atoms with van der Waals surface area (Å²) in [5, 5.41) is 2.80. The predicted molar refractivity (Wildman–Crippen MR) is 96.8 cm³/mol. The highest BCUT2D eigenvalue weighted by molar-refractivity contribution is 6.32. The molecule has 0 bridgehead atoms. The van der Waals surface area contributed by atoms with E-state index in [2.05, 4.69) is 10.3 Å². The van der Waals surface area contributed by atoms with Crippen LogP contribution in [0.15, 0.2) is 24.3 Å². The monoisotopic (exact) mass is 372 g/mol. The summed E-state index contributed by atoms with van der Waals surface area (Å²) in [5.41, 5.74) is 3.32. The maximum absolute atomic E-state index is 12.4. The minimum Gasteiger partial charge on any atom is -0.454 e. The lowest BCUT2D eigenvalue weighted by Crippen LogP contribution is -2.16. The molecular formula is C19H17ClN2O4. The normalized spacial score (nSPS) is 15.4. The number of carbonyl (C=O) groups is 3. The average Bonchev–Trinajstić information content (AvgIpc) is 2.85. The summed E-state index contributed by atoms with van der Waals surface area (Å²) >= 11 is 6.02. The summed E-state index contributed by atoms with van der Waals surface area (Å²) in [6, 6.07) is 6.64. The summed E-state index contributed by atoms with van der Waals surface area (Å²) in [7, 11) is 0. The van der Waals surface area contributed by atoms with Crippen molar-refractivity contribution >= 4 is 34.9 Å². The fourth-order valence-corrected chi connectivity index (χ4v) is 3.27. The Hall–Kier alpha value is -2.73. The molecule has 0 aliphatic carbocycles. The van der Waals surface area contributed by atoms with E-state index in [0.717, 1.165) is 5.56 Å². The van der Waals surface area contributed by atoms with E-state index in [4.69, 9.17) is 16.3 Å². The predicted octanol–water partition coefficient (Wildman–Crippen LogP) is 3.45. The summed E-state index contributed by atoms with van der Waals surface area (Å²) in [5.74, 6) is -1.48. The molecular weight excluding hydrogens is 356 g/mol. The Kier molecular flexibility index (Phi) is 4.78. The Morgan fingerprint density at radius 1 is 1.27 bits per heavy atom. The van der Waals surface area contributed by atoms with Crippen molar-refractivity contribution in [2.75, 3.05) is 11.9 Å². The maximum Gasteiger partial charge on any atom is 0.342 e. The molecule has 26 heavy (non-hydrogen) atoms. The molecule has 2 aromatic rings. The SMILES string of the molecule is Cc1cc(C)c(C(=O)OCC(=O)c2ccc3c(c2)[C@@H](C)C(=O)N3)c(Cl)n1. The largest absolute Gasteiger partial charge is 0.454 e. The fourth-order valence-electron chi connectivity index (χ4n) is 2.91. The van der Waals surface area contributed by atoms with Gasteiger partial charge >= 0.3 is 5.97 Å². The molecule has 0 spiro atoms. The minimum atomic E-state index is -0.695. The number of rotatable bonds is 4. The molecule has 6 nitrogen and oxygen atoms in total. The van der Waals surface area contributed by atoms with Crippen LogP contribution >= 0.6 is 11.6 Å². The van der Waals surface area contributed by atoms with Crippen molar-refractivity contribution in [1.29, 1.82) is 0 Å². The van der Waals surface area contributed by atoms with E-state index in [9.17, 15) is 14.4 Å². The van der Waals surface area contributed by atoms with Crippen LogP contribution in [-0.2, 0) is 9.53 Å². The summed E-state index contributed by atoms with van der Waals surface area (Å²) in [6.45, 7) is 4.85. The van der Waals surface area contributed by atoms with Crippen molar-refractivity contribution in [3.8, 4) is 0 Å². The van der Waals surface area contributed by atoms with Gasteiger partial charge in [-0.1, -0.05) is 11.6 Å². The zero-order chi connectivity index (χ0) is 19.0. The number of pyridine rings is 1. The third-order valence-corrected chi connectivity index (χ3v) is 4.60. The van der Waals surface area contributed by atoms with Crippen LogP contribution in [0.4, 0.5) is 5.69 Å². The molecule has 7 heteroatoms. The van der Waals surface area contributed by atoms with Crippen LogP contribution < -0.4 is 5.32 Å². The number of hydrogen-bond donors (Lipinski definition) is 1. The lowest BCUT2D eigenvalue weighted by Gasteiger charge is -2.09. The lowest BCUT2D eigenvalue weighted by atomic mass is 9.99. The van der Waals surface area contributed by atoms with E-state index in [1.165, 1.54) is 0 Å². The second-order valence-electron chi connectivity index (χ2n) is 6.26. The van der Waals surface area contributed by atoms with Gasteiger partial charge in [-0.25, -0.2) is 9.78 Å². The molecule has 1 atom stereocenters. The highest BCUT2D eigenvalue weighted by Crippen LogP contribution is 2.32. The number of esters is 1. The van der Waals surface area contributed by atoms with E-state index < -0.39 is 12.6 Å². The molecule has 0 saturated carbocycles. The molecule has 0 saturated heterocycles. The Morgan fingerprint density at radius 2 is 2.00 bits per heavy atom. The third kappa shape index (κ3) is 3.32. The van der Waals surface area contributed by atoms with Crippen LogP contribution in [0.25, 0.3) is 0 Å². The highest BCUT2D eigenvalue weighted by Gasteiger charge is 2.27. The Morgan fingerprint density at radius 3 is 2.69 bits per heavy atom. The van der Waals surface area contributed by atoms with E-state index in [1.807, 2.05) is 0 Å². The van der Waals surface area contributed by atoms with Gasteiger partial charge in [-0.05, 0) is 56.2 Å². The van der Waals surface area contributed by atoms with Gasteiger partial charge in [0.25, 0.3) is 0 Å². The fraction of sp³-hybridized carbons (Fsp3) is 0.263. The topological polar surface area (TPSA) is 85.4 Å². The highest BCUT2D eigenvalue weighted by atomic mass is 35.5. The number of anilines is 1. The number of amides is 1.